The van der Waals surface area contributed by atoms with E-state index in [1.165, 1.54) is 17.1 Å². The lowest BCUT2D eigenvalue weighted by atomic mass is 10.1. The van der Waals surface area contributed by atoms with Crippen molar-refractivity contribution in [2.75, 3.05) is 132 Å². The Kier molecular flexibility index (Phi) is 19.6. The van der Waals surface area contributed by atoms with Crippen LogP contribution in [0.5, 0.6) is 0 Å². The molecule has 2 aliphatic rings. The smallest absolute Gasteiger partial charge is 0.261 e. The summed E-state index contributed by atoms with van der Waals surface area (Å²) in [5.41, 5.74) is 0.872. The molecular formula is C32H46N2O13. The highest BCUT2D eigenvalue weighted by atomic mass is 16.6. The highest BCUT2D eigenvalue weighted by Crippen LogP contribution is 2.21. The van der Waals surface area contributed by atoms with Crippen molar-refractivity contribution in [3.05, 3.63) is 47.5 Å². The van der Waals surface area contributed by atoms with E-state index in [-0.39, 0.29) is 49.9 Å². The molecule has 15 nitrogen and oxygen atoms in total. The van der Waals surface area contributed by atoms with Gasteiger partial charge in [0, 0.05) is 12.2 Å². The molecule has 0 unspecified atom stereocenters. The first-order chi connectivity index (χ1) is 23.1. The molecule has 0 N–H and O–H groups in total. The molecule has 0 atom stereocenters. The van der Waals surface area contributed by atoms with Crippen molar-refractivity contribution in [1.29, 1.82) is 0 Å². The van der Waals surface area contributed by atoms with Crippen molar-refractivity contribution in [2.24, 2.45) is 0 Å². The minimum Gasteiger partial charge on any atom is -0.377 e. The number of imide groups is 2. The predicted molar refractivity (Wildman–Crippen MR) is 165 cm³/mol. The lowest BCUT2D eigenvalue weighted by molar-refractivity contribution is -0.137. The zero-order valence-corrected chi connectivity index (χ0v) is 26.8. The van der Waals surface area contributed by atoms with E-state index in [0.717, 1.165) is 4.90 Å². The molecule has 2 aliphatic heterocycles. The molecule has 15 heteroatoms. The quantitative estimate of drug-likeness (QED) is 0.0820. The van der Waals surface area contributed by atoms with Crippen LogP contribution in [-0.4, -0.2) is 165 Å². The van der Waals surface area contributed by atoms with Gasteiger partial charge < -0.3 is 42.6 Å². The molecule has 0 aliphatic carbocycles. The fourth-order valence-electron chi connectivity index (χ4n) is 4.27. The van der Waals surface area contributed by atoms with Gasteiger partial charge in [0.1, 0.15) is 0 Å². The van der Waals surface area contributed by atoms with E-state index in [1.54, 1.807) is 24.3 Å². The largest absolute Gasteiger partial charge is 0.377 e. The van der Waals surface area contributed by atoms with Crippen LogP contribution in [0.2, 0.25) is 0 Å². The Hall–Kier alpha value is -3.12. The van der Waals surface area contributed by atoms with E-state index in [0.29, 0.717) is 117 Å². The van der Waals surface area contributed by atoms with E-state index in [2.05, 4.69) is 0 Å². The average Bonchev–Trinajstić information content (AvgIpc) is 3.53. The maximum Gasteiger partial charge on any atom is 0.261 e. The Morgan fingerprint density at radius 1 is 0.362 bits per heavy atom. The van der Waals surface area contributed by atoms with Crippen LogP contribution in [0, 0.1) is 0 Å². The van der Waals surface area contributed by atoms with E-state index in [4.69, 9.17) is 42.6 Å². The molecule has 2 heterocycles. The van der Waals surface area contributed by atoms with Crippen LogP contribution in [0.15, 0.2) is 36.4 Å². The molecular weight excluding hydrogens is 620 g/mol. The maximum absolute atomic E-state index is 12.3. The summed E-state index contributed by atoms with van der Waals surface area (Å²) in [6.45, 7) is 7.87. The number of carbonyl (C=O) groups excluding carboxylic acids is 4. The molecule has 0 saturated carbocycles. The normalized spacial score (nSPS) is 14.3. The van der Waals surface area contributed by atoms with Gasteiger partial charge in [-0.15, -0.1) is 0 Å². The lowest BCUT2D eigenvalue weighted by Gasteiger charge is -2.13. The minimum atomic E-state index is -0.313. The third-order valence-electron chi connectivity index (χ3n) is 6.67. The van der Waals surface area contributed by atoms with Crippen molar-refractivity contribution in [2.45, 2.75) is 0 Å². The molecule has 262 valence electrons. The molecule has 0 fully saturated rings. The predicted octanol–water partition coefficient (Wildman–Crippen LogP) is 0.357. The van der Waals surface area contributed by atoms with Gasteiger partial charge in [-0.25, -0.2) is 0 Å². The second kappa shape index (κ2) is 24.1. The average molecular weight is 667 g/mol. The second-order valence-electron chi connectivity index (χ2n) is 9.98. The summed E-state index contributed by atoms with van der Waals surface area (Å²) in [6, 6.07) is 6.80. The third-order valence-corrected chi connectivity index (χ3v) is 6.67. The number of rotatable bonds is 30. The van der Waals surface area contributed by atoms with Crippen LogP contribution < -0.4 is 0 Å². The van der Waals surface area contributed by atoms with Crippen molar-refractivity contribution in [3.63, 3.8) is 0 Å². The highest BCUT2D eigenvalue weighted by Gasteiger charge is 2.34. The summed E-state index contributed by atoms with van der Waals surface area (Å²) >= 11 is 0. The number of hydrogen-bond donors (Lipinski definition) is 0. The Bertz CT molecular complexity index is 1060. The Morgan fingerprint density at radius 2 is 0.617 bits per heavy atom. The number of hydrogen-bond acceptors (Lipinski definition) is 13. The zero-order chi connectivity index (χ0) is 33.4. The van der Waals surface area contributed by atoms with Crippen LogP contribution in [0.1, 0.15) is 20.7 Å². The van der Waals surface area contributed by atoms with E-state index >= 15 is 0 Å². The third kappa shape index (κ3) is 15.1. The zero-order valence-electron chi connectivity index (χ0n) is 26.8. The molecule has 3 rings (SSSR count). The first kappa shape index (κ1) is 38.3. The highest BCUT2D eigenvalue weighted by molar-refractivity contribution is 6.21. The van der Waals surface area contributed by atoms with Gasteiger partial charge in [-0.2, -0.15) is 0 Å². The van der Waals surface area contributed by atoms with Crippen molar-refractivity contribution >= 4 is 23.6 Å². The summed E-state index contributed by atoms with van der Waals surface area (Å²) in [5.74, 6) is -1.19. The maximum atomic E-state index is 12.3. The van der Waals surface area contributed by atoms with E-state index in [1.807, 2.05) is 0 Å². The summed E-state index contributed by atoms with van der Waals surface area (Å²) in [7, 11) is 0. The Labute approximate surface area is 274 Å². The van der Waals surface area contributed by atoms with Crippen LogP contribution in [0.4, 0.5) is 0 Å². The molecule has 0 saturated heterocycles. The van der Waals surface area contributed by atoms with Crippen LogP contribution in [0.25, 0.3) is 0 Å². The standard InChI is InChI=1S/C32H46N2O13/c35-29-5-6-30(36)33(29)7-9-39-11-13-41-15-17-43-19-21-45-23-25-47-26-24-46-22-20-44-18-16-42-14-12-40-10-8-34-31(37)27-3-1-2-4-28(27)32(34)38/h1-6H,7-26H2. The van der Waals surface area contributed by atoms with Crippen molar-refractivity contribution in [3.8, 4) is 0 Å². The molecule has 0 radical (unpaired) electrons. The second-order valence-corrected chi connectivity index (χ2v) is 9.98. The van der Waals surface area contributed by atoms with Gasteiger partial charge >= 0.3 is 0 Å². The summed E-state index contributed by atoms with van der Waals surface area (Å²) in [6.07, 6.45) is 2.50. The SMILES string of the molecule is O=C1C=CC(=O)N1CCOCCOCCOCCOCCOCCOCCOCCOCCOCCN1C(=O)c2ccccc2C1=O. The lowest BCUT2D eigenvalue weighted by Crippen LogP contribution is -2.33. The van der Waals surface area contributed by atoms with Crippen LogP contribution >= 0.6 is 0 Å². The van der Waals surface area contributed by atoms with Crippen molar-refractivity contribution < 1.29 is 61.8 Å². The van der Waals surface area contributed by atoms with Gasteiger partial charge in [0.15, 0.2) is 0 Å². The van der Waals surface area contributed by atoms with E-state index in [9.17, 15) is 19.2 Å². The Morgan fingerprint density at radius 3 is 0.915 bits per heavy atom. The molecule has 4 amide bonds. The van der Waals surface area contributed by atoms with Crippen LogP contribution in [0.3, 0.4) is 0 Å². The molecule has 0 aromatic heterocycles. The number of amides is 4. The fraction of sp³-hybridized carbons (Fsp3) is 0.625. The molecule has 1 aromatic rings. The molecule has 47 heavy (non-hydrogen) atoms. The number of fused-ring (bicyclic) bond motifs is 1. The van der Waals surface area contributed by atoms with Gasteiger partial charge in [0.05, 0.1) is 143 Å². The van der Waals surface area contributed by atoms with E-state index < -0.39 is 0 Å². The number of carbonyl (C=O) groups is 4. The van der Waals surface area contributed by atoms with Gasteiger partial charge in [-0.05, 0) is 12.1 Å². The fourth-order valence-corrected chi connectivity index (χ4v) is 4.27. The van der Waals surface area contributed by atoms with Crippen molar-refractivity contribution in [1.82, 2.24) is 9.80 Å². The summed E-state index contributed by atoms with van der Waals surface area (Å²) in [5, 5.41) is 0. The number of nitrogens with zero attached hydrogens (tertiary/aromatic N) is 2. The molecule has 1 aromatic carbocycles. The van der Waals surface area contributed by atoms with Gasteiger partial charge in [-0.1, -0.05) is 12.1 Å². The molecule has 0 bridgehead atoms. The van der Waals surface area contributed by atoms with Crippen LogP contribution in [-0.2, 0) is 52.2 Å². The summed E-state index contributed by atoms with van der Waals surface area (Å²) in [4.78, 5) is 49.7. The first-order valence-electron chi connectivity index (χ1n) is 15.8. The van der Waals surface area contributed by atoms with Gasteiger partial charge in [0.2, 0.25) is 0 Å². The monoisotopic (exact) mass is 666 g/mol. The topological polar surface area (TPSA) is 158 Å². The molecule has 0 spiro atoms. The minimum absolute atomic E-state index is 0.207. The summed E-state index contributed by atoms with van der Waals surface area (Å²) < 4.78 is 48.9. The number of benzene rings is 1. The number of ether oxygens (including phenoxy) is 9. The van der Waals surface area contributed by atoms with Gasteiger partial charge in [0.25, 0.3) is 23.6 Å². The van der Waals surface area contributed by atoms with Gasteiger partial charge in [-0.3, -0.25) is 29.0 Å². The Balaban J connectivity index is 0.939. The first-order valence-corrected chi connectivity index (χ1v) is 15.8.